The summed E-state index contributed by atoms with van der Waals surface area (Å²) >= 11 is 1.94. The Morgan fingerprint density at radius 3 is 0.874 bits per heavy atom. The Bertz CT molecular complexity index is 1920. The number of unbranched alkanes of at least 4 members (excludes halogenated alkanes) is 43. The Morgan fingerprint density at radius 2 is 0.552 bits per heavy atom. The van der Waals surface area contributed by atoms with Crippen LogP contribution < -0.4 is 0 Å². The van der Waals surface area contributed by atoms with Crippen molar-refractivity contribution in [1.82, 2.24) is 0 Å². The van der Waals surface area contributed by atoms with E-state index in [1.54, 1.807) is 4.70 Å². The van der Waals surface area contributed by atoms with Gasteiger partial charge in [-0.25, -0.2) is 4.70 Å². The van der Waals surface area contributed by atoms with Crippen molar-refractivity contribution in [2.45, 2.75) is 426 Å². The fourth-order valence-electron chi connectivity index (χ4n) is 13.0. The molecular weight excluding hydrogens is 1100 g/mol. The zero-order valence-corrected chi connectivity index (χ0v) is 60.8. The van der Waals surface area contributed by atoms with Gasteiger partial charge in [-0.1, -0.05) is 323 Å². The Kier molecular flexibility index (Phi) is 55.8. The molecule has 1 aliphatic rings. The van der Waals surface area contributed by atoms with Gasteiger partial charge in [0, 0.05) is 16.7 Å². The number of hydrogen-bond acceptors (Lipinski definition) is 0. The minimum atomic E-state index is 1.01. The standard InChI is InChI=1S/C76H130N2.2C4H9.Ni/c1-7-13-19-23-27-28-29-30-31-32-33-34-35-36-37-38-39-40-41-42-43-44-45-46-50-54-60-74-73(59-53-49-26-22-16-10-4)76(78(77)75(74)71-63-67(55-17-11-5)61-68(64-71)56-18-12-6)72-65-69(57-51-47-24-20-14-8-2)62-70(66-72)58-52-48-25-21-15-9-3;2*1-3-4-2;/h54,60-66H,7-53,55-59H2,1-6H3;2*1,3-4H2,2H3;. The summed E-state index contributed by atoms with van der Waals surface area (Å²) < 4.78 is 1.70. The maximum atomic E-state index is 13.1. The second-order valence-corrected chi connectivity index (χ2v) is 28.7. The Hall–Kier alpha value is -2.25. The Morgan fingerprint density at radius 1 is 0.287 bits per heavy atom. The van der Waals surface area contributed by atoms with Crippen LogP contribution in [-0.4, -0.2) is 4.70 Å². The SMILES string of the molecule is CCCCCCCCCCCCCCCCCCCCCCCCCCC=CC1=C(c2cc(CCCC)cc(CCCC)c2)[N+](=[N-])C(c2cc(CCCCCCCC)cc(CCCCCCCC)c2)=C1CCCCCCCC.CCC[CH2][Ni][CH2]CCC. The topological polar surface area (TPSA) is 25.3 Å². The predicted molar refractivity (Wildman–Crippen MR) is 389 cm³/mol. The molecule has 0 unspecified atom stereocenters. The van der Waals surface area contributed by atoms with Crippen molar-refractivity contribution >= 4 is 11.4 Å². The molecule has 3 rings (SSSR count). The van der Waals surface area contributed by atoms with Crippen LogP contribution >= 0.6 is 0 Å². The van der Waals surface area contributed by atoms with Gasteiger partial charge < -0.3 is 5.53 Å². The molecule has 0 amide bonds. The number of benzene rings is 2. The van der Waals surface area contributed by atoms with Crippen molar-refractivity contribution in [2.24, 2.45) is 0 Å². The molecule has 0 aliphatic carbocycles. The third kappa shape index (κ3) is 41.8. The molecule has 0 atom stereocenters. The van der Waals surface area contributed by atoms with Crippen LogP contribution in [0.15, 0.2) is 59.7 Å². The molecule has 0 saturated carbocycles. The molecule has 1 aliphatic heterocycles. The molecule has 0 spiro atoms. The number of hydrogen-bond donors (Lipinski definition) is 0. The molecule has 504 valence electrons. The molecule has 0 fully saturated rings. The van der Waals surface area contributed by atoms with E-state index in [4.69, 9.17) is 0 Å². The molecule has 0 N–H and O–H groups in total. The van der Waals surface area contributed by atoms with Crippen molar-refractivity contribution in [3.63, 3.8) is 0 Å². The van der Waals surface area contributed by atoms with Gasteiger partial charge in [0.2, 0.25) is 11.4 Å². The fourth-order valence-corrected chi connectivity index (χ4v) is 14.4. The second-order valence-electron chi connectivity index (χ2n) is 27.2. The average molecular weight is 1240 g/mol. The first-order chi connectivity index (χ1) is 42.9. The summed E-state index contributed by atoms with van der Waals surface area (Å²) in [6.45, 7) is 18.4. The van der Waals surface area contributed by atoms with Gasteiger partial charge >= 0.3 is 64.8 Å². The number of nitrogens with zero attached hydrogens (tertiary/aromatic N) is 2. The molecule has 2 nitrogen and oxygen atoms in total. The van der Waals surface area contributed by atoms with E-state index in [1.165, 1.54) is 376 Å². The molecule has 0 radical (unpaired) electrons. The zero-order valence-electron chi connectivity index (χ0n) is 59.8. The van der Waals surface area contributed by atoms with E-state index in [1.807, 2.05) is 14.4 Å². The summed E-state index contributed by atoms with van der Waals surface area (Å²) in [5.74, 6) is 0. The van der Waals surface area contributed by atoms with Gasteiger partial charge in [0.1, 0.15) is 0 Å². The molecule has 0 aromatic heterocycles. The van der Waals surface area contributed by atoms with Gasteiger partial charge in [-0.15, -0.1) is 0 Å². The molecule has 2 aromatic rings. The molecule has 2 aromatic carbocycles. The quantitative estimate of drug-likeness (QED) is 0.0358. The van der Waals surface area contributed by atoms with Crippen molar-refractivity contribution < 1.29 is 19.1 Å². The third-order valence-electron chi connectivity index (χ3n) is 18.7. The van der Waals surface area contributed by atoms with Crippen LogP contribution in [0.1, 0.15) is 423 Å². The zero-order chi connectivity index (χ0) is 62.7. The van der Waals surface area contributed by atoms with Crippen LogP contribution in [0.25, 0.3) is 16.9 Å². The number of aryl methyl sites for hydroxylation is 4. The Labute approximate surface area is 551 Å². The molecule has 0 saturated heterocycles. The van der Waals surface area contributed by atoms with E-state index >= 15 is 0 Å². The van der Waals surface area contributed by atoms with E-state index in [-0.39, 0.29) is 0 Å². The van der Waals surface area contributed by atoms with Gasteiger partial charge in [-0.3, -0.25) is 0 Å². The fraction of sp³-hybridized carbons (Fsp3) is 0.786. The summed E-state index contributed by atoms with van der Waals surface area (Å²) in [4.78, 5) is 0. The van der Waals surface area contributed by atoms with Crippen LogP contribution in [0.2, 0.25) is 10.8 Å². The Balaban J connectivity index is 0.00000264. The normalized spacial score (nSPS) is 12.7. The van der Waals surface area contributed by atoms with Crippen LogP contribution in [0.3, 0.4) is 0 Å². The van der Waals surface area contributed by atoms with Gasteiger partial charge in [0.05, 0.1) is 5.57 Å². The third-order valence-corrected chi connectivity index (χ3v) is 20.1. The number of allylic oxidation sites excluding steroid dienone is 4. The first-order valence-electron chi connectivity index (χ1n) is 39.3. The summed E-state index contributed by atoms with van der Waals surface area (Å²) in [5.41, 5.74) is 26.0. The first kappa shape index (κ1) is 80.8. The molecule has 3 heteroatoms. The summed E-state index contributed by atoms with van der Waals surface area (Å²) in [7, 11) is 0. The van der Waals surface area contributed by atoms with Gasteiger partial charge in [-0.2, -0.15) is 0 Å². The van der Waals surface area contributed by atoms with Crippen LogP contribution in [0, 0.1) is 0 Å². The second kappa shape index (κ2) is 60.0. The van der Waals surface area contributed by atoms with E-state index in [9.17, 15) is 5.53 Å². The predicted octanol–water partition coefficient (Wildman–Crippen LogP) is 29.9. The minimum absolute atomic E-state index is 1.01. The maximum absolute atomic E-state index is 13.1. The van der Waals surface area contributed by atoms with Crippen molar-refractivity contribution in [1.29, 1.82) is 0 Å². The summed E-state index contributed by atoms with van der Waals surface area (Å²) in [5, 5.41) is 2.78. The molecule has 87 heavy (non-hydrogen) atoms. The molecular formula is C84H148N2Ni. The molecule has 0 bridgehead atoms. The monoisotopic (exact) mass is 1240 g/mol. The van der Waals surface area contributed by atoms with Crippen molar-refractivity contribution in [3.05, 3.63) is 98.6 Å². The van der Waals surface area contributed by atoms with Gasteiger partial charge in [0.15, 0.2) is 0 Å². The summed E-state index contributed by atoms with van der Waals surface area (Å²) in [6, 6.07) is 14.9. The molecule has 1 heterocycles. The van der Waals surface area contributed by atoms with E-state index in [2.05, 4.69) is 104 Å². The van der Waals surface area contributed by atoms with Crippen LogP contribution in [0.4, 0.5) is 0 Å². The average Bonchev–Trinajstić information content (AvgIpc) is 1.64. The van der Waals surface area contributed by atoms with Crippen molar-refractivity contribution in [2.75, 3.05) is 0 Å². The van der Waals surface area contributed by atoms with Gasteiger partial charge in [0.25, 0.3) is 0 Å². The van der Waals surface area contributed by atoms with E-state index < -0.39 is 0 Å². The van der Waals surface area contributed by atoms with E-state index in [0.717, 1.165) is 49.9 Å². The first-order valence-corrected chi connectivity index (χ1v) is 40.7. The van der Waals surface area contributed by atoms with Crippen LogP contribution in [-0.2, 0) is 40.1 Å². The van der Waals surface area contributed by atoms with E-state index in [0.29, 0.717) is 0 Å². The van der Waals surface area contributed by atoms with Crippen LogP contribution in [0.5, 0.6) is 0 Å². The summed E-state index contributed by atoms with van der Waals surface area (Å²) in [6.07, 6.45) is 79.6. The van der Waals surface area contributed by atoms with Gasteiger partial charge in [-0.05, 0) is 124 Å². The van der Waals surface area contributed by atoms with Crippen molar-refractivity contribution in [3.8, 4) is 0 Å². The number of rotatable bonds is 61.